The number of hydrogen-bond donors (Lipinski definition) is 2. The second kappa shape index (κ2) is 6.86. The second-order valence-corrected chi connectivity index (χ2v) is 5.60. The minimum atomic E-state index is -0.679. The van der Waals surface area contributed by atoms with Crippen molar-refractivity contribution < 1.29 is 9.84 Å². The molecule has 0 fully saturated rings. The van der Waals surface area contributed by atoms with Gasteiger partial charge in [-0.2, -0.15) is 0 Å². The van der Waals surface area contributed by atoms with Crippen LogP contribution in [0.2, 0.25) is 5.02 Å². The Morgan fingerprint density at radius 3 is 2.87 bits per heavy atom. The fourth-order valence-corrected chi connectivity index (χ4v) is 2.70. The lowest BCUT2D eigenvalue weighted by Gasteiger charge is -2.16. The van der Waals surface area contributed by atoms with E-state index in [2.05, 4.69) is 10.3 Å². The standard InChI is InChI=1S/C18H17ClN2O2/c1-23-18-5-3-2-4-14(18)17(22)11-21-15-8-9-20-16-10-12(19)6-7-13(15)16/h2-10,17,22H,11H2,1H3,(H,20,21). The van der Waals surface area contributed by atoms with Crippen molar-refractivity contribution in [1.82, 2.24) is 4.98 Å². The SMILES string of the molecule is COc1ccccc1C(O)CNc1ccnc2cc(Cl)ccc12. The summed E-state index contributed by atoms with van der Waals surface area (Å²) in [7, 11) is 1.60. The van der Waals surface area contributed by atoms with Gasteiger partial charge in [0.2, 0.25) is 0 Å². The van der Waals surface area contributed by atoms with Crippen LogP contribution in [-0.4, -0.2) is 23.7 Å². The smallest absolute Gasteiger partial charge is 0.124 e. The highest BCUT2D eigenvalue weighted by atomic mass is 35.5. The summed E-state index contributed by atoms with van der Waals surface area (Å²) in [4.78, 5) is 4.31. The first-order valence-electron chi connectivity index (χ1n) is 7.28. The maximum atomic E-state index is 10.4. The molecule has 0 saturated carbocycles. The third-order valence-electron chi connectivity index (χ3n) is 3.69. The van der Waals surface area contributed by atoms with Crippen molar-refractivity contribution in [2.45, 2.75) is 6.10 Å². The first-order chi connectivity index (χ1) is 11.2. The normalized spacial score (nSPS) is 12.1. The van der Waals surface area contributed by atoms with Crippen LogP contribution in [0.5, 0.6) is 5.75 Å². The number of nitrogens with zero attached hydrogens (tertiary/aromatic N) is 1. The number of rotatable bonds is 5. The van der Waals surface area contributed by atoms with Gasteiger partial charge in [-0.25, -0.2) is 0 Å². The molecule has 2 aromatic carbocycles. The number of aromatic nitrogens is 1. The lowest BCUT2D eigenvalue weighted by Crippen LogP contribution is -2.13. The van der Waals surface area contributed by atoms with Gasteiger partial charge in [-0.15, -0.1) is 0 Å². The predicted molar refractivity (Wildman–Crippen MR) is 93.2 cm³/mol. The molecule has 0 aliphatic rings. The number of anilines is 1. The molecule has 0 amide bonds. The van der Waals surface area contributed by atoms with Crippen molar-refractivity contribution in [3.63, 3.8) is 0 Å². The van der Waals surface area contributed by atoms with E-state index in [1.165, 1.54) is 0 Å². The van der Waals surface area contributed by atoms with E-state index in [1.807, 2.05) is 48.5 Å². The number of nitrogens with one attached hydrogen (secondary N) is 1. The molecule has 0 bridgehead atoms. The first kappa shape index (κ1) is 15.6. The number of fused-ring (bicyclic) bond motifs is 1. The Kier molecular flexibility index (Phi) is 4.65. The molecule has 4 nitrogen and oxygen atoms in total. The minimum Gasteiger partial charge on any atom is -0.496 e. The topological polar surface area (TPSA) is 54.4 Å². The van der Waals surface area contributed by atoms with Crippen LogP contribution in [0.25, 0.3) is 10.9 Å². The Balaban J connectivity index is 1.80. The van der Waals surface area contributed by atoms with E-state index in [0.29, 0.717) is 17.3 Å². The van der Waals surface area contributed by atoms with Gasteiger partial charge in [-0.3, -0.25) is 4.98 Å². The molecule has 3 aromatic rings. The summed E-state index contributed by atoms with van der Waals surface area (Å²) >= 11 is 6.00. The zero-order valence-electron chi connectivity index (χ0n) is 12.7. The number of ether oxygens (including phenoxy) is 1. The molecule has 1 aromatic heterocycles. The number of aliphatic hydroxyl groups excluding tert-OH is 1. The van der Waals surface area contributed by atoms with Crippen LogP contribution in [0.3, 0.4) is 0 Å². The third-order valence-corrected chi connectivity index (χ3v) is 3.92. The molecule has 0 saturated heterocycles. The lowest BCUT2D eigenvalue weighted by molar-refractivity contribution is 0.187. The molecule has 2 N–H and O–H groups in total. The van der Waals surface area contributed by atoms with Gasteiger partial charge >= 0.3 is 0 Å². The van der Waals surface area contributed by atoms with Crippen molar-refractivity contribution in [3.05, 3.63) is 65.3 Å². The quantitative estimate of drug-likeness (QED) is 0.742. The summed E-state index contributed by atoms with van der Waals surface area (Å²) in [6, 6.07) is 14.9. The Labute approximate surface area is 139 Å². The monoisotopic (exact) mass is 328 g/mol. The van der Waals surface area contributed by atoms with Gasteiger partial charge in [0.15, 0.2) is 0 Å². The zero-order chi connectivity index (χ0) is 16.2. The molecular formula is C18H17ClN2O2. The average molecular weight is 329 g/mol. The summed E-state index contributed by atoms with van der Waals surface area (Å²) in [6.45, 7) is 0.363. The van der Waals surface area contributed by atoms with Gasteiger partial charge in [-0.05, 0) is 30.3 Å². The maximum absolute atomic E-state index is 10.4. The summed E-state index contributed by atoms with van der Waals surface area (Å²) < 4.78 is 5.29. The zero-order valence-corrected chi connectivity index (χ0v) is 13.4. The molecule has 0 radical (unpaired) electrons. The Morgan fingerprint density at radius 2 is 2.04 bits per heavy atom. The van der Waals surface area contributed by atoms with E-state index in [4.69, 9.17) is 16.3 Å². The fourth-order valence-electron chi connectivity index (χ4n) is 2.53. The summed E-state index contributed by atoms with van der Waals surface area (Å²) in [6.07, 6.45) is 1.04. The molecule has 23 heavy (non-hydrogen) atoms. The van der Waals surface area contributed by atoms with Crippen molar-refractivity contribution in [2.24, 2.45) is 0 Å². The second-order valence-electron chi connectivity index (χ2n) is 5.16. The van der Waals surface area contributed by atoms with Crippen LogP contribution in [0.1, 0.15) is 11.7 Å². The van der Waals surface area contributed by atoms with Gasteiger partial charge in [0.25, 0.3) is 0 Å². The summed E-state index contributed by atoms with van der Waals surface area (Å²) in [5.41, 5.74) is 2.47. The number of halogens is 1. The Morgan fingerprint density at radius 1 is 1.22 bits per heavy atom. The summed E-state index contributed by atoms with van der Waals surface area (Å²) in [5.74, 6) is 0.674. The maximum Gasteiger partial charge on any atom is 0.124 e. The summed E-state index contributed by atoms with van der Waals surface area (Å²) in [5, 5.41) is 15.3. The average Bonchev–Trinajstić information content (AvgIpc) is 2.59. The highest BCUT2D eigenvalue weighted by molar-refractivity contribution is 6.31. The number of aliphatic hydroxyl groups is 1. The van der Waals surface area contributed by atoms with E-state index >= 15 is 0 Å². The molecule has 0 spiro atoms. The van der Waals surface area contributed by atoms with Gasteiger partial charge in [0.1, 0.15) is 5.75 Å². The van der Waals surface area contributed by atoms with E-state index in [1.54, 1.807) is 13.3 Å². The van der Waals surface area contributed by atoms with Crippen LogP contribution in [0.15, 0.2) is 54.7 Å². The molecular weight excluding hydrogens is 312 g/mol. The Bertz CT molecular complexity index is 823. The van der Waals surface area contributed by atoms with Crippen molar-refractivity contribution in [3.8, 4) is 5.75 Å². The molecule has 5 heteroatoms. The molecule has 1 unspecified atom stereocenters. The number of para-hydroxylation sites is 1. The Hall–Kier alpha value is -2.30. The first-order valence-corrected chi connectivity index (χ1v) is 7.66. The van der Waals surface area contributed by atoms with Crippen LogP contribution < -0.4 is 10.1 Å². The van der Waals surface area contributed by atoms with Crippen LogP contribution in [-0.2, 0) is 0 Å². The van der Waals surface area contributed by atoms with Gasteiger partial charge < -0.3 is 15.2 Å². The van der Waals surface area contributed by atoms with Crippen LogP contribution >= 0.6 is 11.6 Å². The molecule has 1 atom stereocenters. The lowest BCUT2D eigenvalue weighted by atomic mass is 10.1. The van der Waals surface area contributed by atoms with Crippen molar-refractivity contribution in [1.29, 1.82) is 0 Å². The molecule has 118 valence electrons. The minimum absolute atomic E-state index is 0.363. The number of hydrogen-bond acceptors (Lipinski definition) is 4. The molecule has 0 aliphatic carbocycles. The van der Waals surface area contributed by atoms with Crippen LogP contribution in [0, 0.1) is 0 Å². The van der Waals surface area contributed by atoms with E-state index < -0.39 is 6.10 Å². The van der Waals surface area contributed by atoms with E-state index in [9.17, 15) is 5.11 Å². The molecule has 0 aliphatic heterocycles. The molecule has 3 rings (SSSR count). The highest BCUT2D eigenvalue weighted by Crippen LogP contribution is 2.27. The predicted octanol–water partition coefficient (Wildman–Crippen LogP) is 4.04. The van der Waals surface area contributed by atoms with Crippen molar-refractivity contribution >= 4 is 28.2 Å². The highest BCUT2D eigenvalue weighted by Gasteiger charge is 2.13. The fraction of sp³-hybridized carbons (Fsp3) is 0.167. The third kappa shape index (κ3) is 3.38. The van der Waals surface area contributed by atoms with E-state index in [-0.39, 0.29) is 0 Å². The van der Waals surface area contributed by atoms with Crippen molar-refractivity contribution in [2.75, 3.05) is 19.0 Å². The number of benzene rings is 2. The molecule has 1 heterocycles. The van der Waals surface area contributed by atoms with Gasteiger partial charge in [-0.1, -0.05) is 29.8 Å². The van der Waals surface area contributed by atoms with Gasteiger partial charge in [0, 0.05) is 34.4 Å². The van der Waals surface area contributed by atoms with Gasteiger partial charge in [0.05, 0.1) is 18.7 Å². The number of pyridine rings is 1. The van der Waals surface area contributed by atoms with Crippen LogP contribution in [0.4, 0.5) is 5.69 Å². The number of methoxy groups -OCH3 is 1. The largest absolute Gasteiger partial charge is 0.496 e. The van der Waals surface area contributed by atoms with E-state index in [0.717, 1.165) is 22.2 Å².